The van der Waals surface area contributed by atoms with Crippen LogP contribution in [0.4, 0.5) is 0 Å². The lowest BCUT2D eigenvalue weighted by Gasteiger charge is -2.27. The quantitative estimate of drug-likeness (QED) is 0.133. The zero-order valence-electron chi connectivity index (χ0n) is 21.1. The van der Waals surface area contributed by atoms with Crippen molar-refractivity contribution in [2.75, 3.05) is 0 Å². The molecule has 1 aromatic rings. The summed E-state index contributed by atoms with van der Waals surface area (Å²) in [6, 6.07) is 0.808. The molecule has 10 N–H and O–H groups in total. The van der Waals surface area contributed by atoms with E-state index in [4.69, 9.17) is 11.5 Å². The molecule has 0 aliphatic heterocycles. The number of benzene rings is 1. The zero-order chi connectivity index (χ0) is 28.3. The minimum absolute atomic E-state index is 0.0421. The van der Waals surface area contributed by atoms with E-state index < -0.39 is 65.8 Å². The zero-order valence-corrected chi connectivity index (χ0v) is 21.1. The smallest absolute Gasteiger partial charge is 0.326 e. The Kier molecular flexibility index (Phi) is 12.5. The number of aliphatic hydroxyl groups is 1. The van der Waals surface area contributed by atoms with Crippen molar-refractivity contribution in [1.82, 2.24) is 16.0 Å². The maximum Gasteiger partial charge on any atom is 0.326 e. The summed E-state index contributed by atoms with van der Waals surface area (Å²) in [5.74, 6) is -4.94. The number of phenols is 1. The first-order valence-electron chi connectivity index (χ1n) is 11.9. The van der Waals surface area contributed by atoms with Crippen LogP contribution in [0.15, 0.2) is 24.3 Å². The summed E-state index contributed by atoms with van der Waals surface area (Å²) in [6.07, 6.45) is -1.36. The van der Waals surface area contributed by atoms with Crippen molar-refractivity contribution in [1.29, 1.82) is 0 Å². The number of carbonyl (C=O) groups excluding carboxylic acids is 4. The van der Waals surface area contributed by atoms with Gasteiger partial charge >= 0.3 is 5.97 Å². The molecule has 0 saturated carbocycles. The molecule has 1 rings (SSSR count). The lowest BCUT2D eigenvalue weighted by atomic mass is 9.98. The first-order valence-corrected chi connectivity index (χ1v) is 11.9. The highest BCUT2D eigenvalue weighted by atomic mass is 16.4. The maximum absolute atomic E-state index is 13.0. The standard InChI is InChI=1S/C24H37N5O8/c1-4-12(2)19(24(36)37)28-23(35)20(13(3)30)29-22(34)17(9-10-18(26)32)27-21(33)16(25)11-14-5-7-15(31)8-6-14/h5-8,12-13,16-17,19-20,30-31H,4,9-11,25H2,1-3H3,(H2,26,32)(H,27,33)(H,28,35)(H,29,34)(H,36,37). The number of hydrogen-bond acceptors (Lipinski definition) is 8. The molecule has 4 amide bonds. The predicted molar refractivity (Wildman–Crippen MR) is 133 cm³/mol. The van der Waals surface area contributed by atoms with Crippen molar-refractivity contribution >= 4 is 29.6 Å². The van der Waals surface area contributed by atoms with Gasteiger partial charge in [-0.1, -0.05) is 32.4 Å². The molecule has 0 radical (unpaired) electrons. The van der Waals surface area contributed by atoms with Crippen LogP contribution in [0.3, 0.4) is 0 Å². The van der Waals surface area contributed by atoms with E-state index in [1.807, 2.05) is 0 Å². The van der Waals surface area contributed by atoms with Crippen molar-refractivity contribution in [3.63, 3.8) is 0 Å². The fourth-order valence-electron chi connectivity index (χ4n) is 3.40. The average molecular weight is 524 g/mol. The van der Waals surface area contributed by atoms with E-state index >= 15 is 0 Å². The molecular formula is C24H37N5O8. The van der Waals surface area contributed by atoms with E-state index in [0.717, 1.165) is 0 Å². The van der Waals surface area contributed by atoms with Crippen LogP contribution in [0.2, 0.25) is 0 Å². The Morgan fingerprint density at radius 3 is 1.97 bits per heavy atom. The molecular weight excluding hydrogens is 486 g/mol. The van der Waals surface area contributed by atoms with Gasteiger partial charge in [-0.05, 0) is 43.4 Å². The first kappa shape index (κ1) is 31.3. The van der Waals surface area contributed by atoms with Gasteiger partial charge in [0.1, 0.15) is 23.9 Å². The molecule has 6 unspecified atom stereocenters. The Morgan fingerprint density at radius 1 is 0.919 bits per heavy atom. The molecule has 206 valence electrons. The van der Waals surface area contributed by atoms with Gasteiger partial charge in [0.05, 0.1) is 12.1 Å². The van der Waals surface area contributed by atoms with Crippen molar-refractivity contribution in [2.45, 2.75) is 76.7 Å². The summed E-state index contributed by atoms with van der Waals surface area (Å²) >= 11 is 0. The fraction of sp³-hybridized carbons (Fsp3) is 0.542. The monoisotopic (exact) mass is 523 g/mol. The van der Waals surface area contributed by atoms with Gasteiger partial charge in [0, 0.05) is 6.42 Å². The van der Waals surface area contributed by atoms with Gasteiger partial charge in [0.25, 0.3) is 0 Å². The second-order valence-electron chi connectivity index (χ2n) is 8.98. The van der Waals surface area contributed by atoms with E-state index in [-0.39, 0.29) is 25.0 Å². The van der Waals surface area contributed by atoms with Crippen LogP contribution in [-0.4, -0.2) is 75.2 Å². The van der Waals surface area contributed by atoms with Crippen LogP contribution in [-0.2, 0) is 30.4 Å². The van der Waals surface area contributed by atoms with Gasteiger partial charge in [-0.15, -0.1) is 0 Å². The Balaban J connectivity index is 2.98. The highest BCUT2D eigenvalue weighted by Crippen LogP contribution is 2.12. The summed E-state index contributed by atoms with van der Waals surface area (Å²) in [6.45, 7) is 4.61. The molecule has 0 aliphatic rings. The van der Waals surface area contributed by atoms with E-state index in [9.17, 15) is 39.3 Å². The SMILES string of the molecule is CCC(C)C(NC(=O)C(NC(=O)C(CCC(N)=O)NC(=O)C(N)Cc1ccc(O)cc1)C(C)O)C(=O)O. The van der Waals surface area contributed by atoms with Crippen molar-refractivity contribution < 1.29 is 39.3 Å². The van der Waals surface area contributed by atoms with Crippen molar-refractivity contribution in [2.24, 2.45) is 17.4 Å². The molecule has 0 heterocycles. The van der Waals surface area contributed by atoms with Crippen LogP contribution in [0, 0.1) is 5.92 Å². The molecule has 13 nitrogen and oxygen atoms in total. The summed E-state index contributed by atoms with van der Waals surface area (Å²) < 4.78 is 0. The maximum atomic E-state index is 13.0. The van der Waals surface area contributed by atoms with Gasteiger partial charge in [-0.3, -0.25) is 19.2 Å². The second kappa shape index (κ2) is 14.8. The fourth-order valence-corrected chi connectivity index (χ4v) is 3.40. The number of amides is 4. The first-order chi connectivity index (χ1) is 17.3. The highest BCUT2D eigenvalue weighted by molar-refractivity contribution is 5.94. The molecule has 0 aromatic heterocycles. The number of aliphatic carboxylic acids is 1. The number of primary amides is 1. The number of hydrogen-bond donors (Lipinski definition) is 8. The van der Waals surface area contributed by atoms with E-state index in [2.05, 4.69) is 16.0 Å². The molecule has 0 saturated heterocycles. The van der Waals surface area contributed by atoms with E-state index in [1.165, 1.54) is 19.1 Å². The Bertz CT molecular complexity index is 953. The van der Waals surface area contributed by atoms with Gasteiger partial charge in [-0.2, -0.15) is 0 Å². The number of aromatic hydroxyl groups is 1. The number of nitrogens with two attached hydrogens (primary N) is 2. The third-order valence-corrected chi connectivity index (χ3v) is 5.88. The van der Waals surface area contributed by atoms with Gasteiger partial charge < -0.3 is 42.7 Å². The van der Waals surface area contributed by atoms with Crippen LogP contribution in [0.25, 0.3) is 0 Å². The molecule has 0 fully saturated rings. The Hall–Kier alpha value is -3.71. The number of carboxylic acid groups (broad SMARTS) is 1. The minimum Gasteiger partial charge on any atom is -0.508 e. The molecule has 0 aliphatic carbocycles. The largest absolute Gasteiger partial charge is 0.508 e. The van der Waals surface area contributed by atoms with Gasteiger partial charge in [-0.25, -0.2) is 4.79 Å². The number of rotatable bonds is 15. The van der Waals surface area contributed by atoms with Crippen LogP contribution in [0.1, 0.15) is 45.6 Å². The minimum atomic E-state index is -1.54. The number of phenolic OH excluding ortho intramolecular Hbond substituents is 1. The number of carbonyl (C=O) groups is 5. The van der Waals surface area contributed by atoms with Crippen molar-refractivity contribution in [3.8, 4) is 5.75 Å². The topological polar surface area (TPSA) is 234 Å². The molecule has 0 spiro atoms. The van der Waals surface area contributed by atoms with Gasteiger partial charge in [0.15, 0.2) is 0 Å². The Labute approximate surface area is 215 Å². The predicted octanol–water partition coefficient (Wildman–Crippen LogP) is -1.51. The lowest BCUT2D eigenvalue weighted by Crippen LogP contribution is -2.60. The normalized spacial score (nSPS) is 15.8. The van der Waals surface area contributed by atoms with Crippen LogP contribution < -0.4 is 27.4 Å². The summed E-state index contributed by atoms with van der Waals surface area (Å²) in [7, 11) is 0. The molecule has 37 heavy (non-hydrogen) atoms. The van der Waals surface area contributed by atoms with Gasteiger partial charge in [0.2, 0.25) is 23.6 Å². The number of nitrogens with one attached hydrogen (secondary N) is 3. The molecule has 1 aromatic carbocycles. The average Bonchev–Trinajstić information content (AvgIpc) is 2.83. The third-order valence-electron chi connectivity index (χ3n) is 5.88. The number of carboxylic acids is 1. The van der Waals surface area contributed by atoms with Crippen LogP contribution >= 0.6 is 0 Å². The highest BCUT2D eigenvalue weighted by Gasteiger charge is 2.34. The van der Waals surface area contributed by atoms with Crippen LogP contribution in [0.5, 0.6) is 5.75 Å². The number of aliphatic hydroxyl groups excluding tert-OH is 1. The van der Waals surface area contributed by atoms with E-state index in [0.29, 0.717) is 12.0 Å². The summed E-state index contributed by atoms with van der Waals surface area (Å²) in [4.78, 5) is 61.3. The summed E-state index contributed by atoms with van der Waals surface area (Å²) in [5.41, 5.74) is 11.8. The van der Waals surface area contributed by atoms with Crippen molar-refractivity contribution in [3.05, 3.63) is 29.8 Å². The lowest BCUT2D eigenvalue weighted by molar-refractivity contribution is -0.144. The van der Waals surface area contributed by atoms with E-state index in [1.54, 1.807) is 26.0 Å². The molecule has 6 atom stereocenters. The third kappa shape index (κ3) is 10.4. The Morgan fingerprint density at radius 2 is 1.49 bits per heavy atom. The molecule has 13 heteroatoms. The second-order valence-corrected chi connectivity index (χ2v) is 8.98. The summed E-state index contributed by atoms with van der Waals surface area (Å²) in [5, 5.41) is 36.0. The molecule has 0 bridgehead atoms.